The van der Waals surface area contributed by atoms with Crippen LogP contribution in [0.25, 0.3) is 10.2 Å². The molecule has 6 rings (SSSR count). The summed E-state index contributed by atoms with van der Waals surface area (Å²) in [5.41, 5.74) is 1.71. The topological polar surface area (TPSA) is 124 Å². The van der Waals surface area contributed by atoms with E-state index in [9.17, 15) is 14.4 Å². The van der Waals surface area contributed by atoms with Gasteiger partial charge in [-0.1, -0.05) is 24.3 Å². The number of ether oxygens (including phenoxy) is 1. The lowest BCUT2D eigenvalue weighted by atomic mass is 10.1. The molecule has 11 heteroatoms. The maximum Gasteiger partial charge on any atom is 0.331 e. The molecule has 41 heavy (non-hydrogen) atoms. The van der Waals surface area contributed by atoms with E-state index in [0.29, 0.717) is 56.7 Å². The van der Waals surface area contributed by atoms with Crippen LogP contribution in [-0.2, 0) is 4.79 Å². The first kappa shape index (κ1) is 26.5. The zero-order valence-electron chi connectivity index (χ0n) is 21.9. The van der Waals surface area contributed by atoms with Gasteiger partial charge in [-0.05, 0) is 55.3 Å². The van der Waals surface area contributed by atoms with E-state index in [1.165, 1.54) is 23.5 Å². The molecule has 2 aromatic heterocycles. The third-order valence-corrected chi connectivity index (χ3v) is 8.06. The summed E-state index contributed by atoms with van der Waals surface area (Å²) in [5.74, 6) is 0.831. The molecule has 0 spiro atoms. The van der Waals surface area contributed by atoms with Crippen molar-refractivity contribution in [2.45, 2.75) is 18.9 Å². The molecule has 4 amide bonds. The molecule has 1 atom stereocenters. The summed E-state index contributed by atoms with van der Waals surface area (Å²) in [6.45, 7) is 0.753. The van der Waals surface area contributed by atoms with Crippen LogP contribution in [0.2, 0.25) is 0 Å². The van der Waals surface area contributed by atoms with Crippen LogP contribution in [0.4, 0.5) is 21.9 Å². The molecule has 3 N–H and O–H groups in total. The molecule has 1 fully saturated rings. The normalized spacial score (nSPS) is 16.6. The van der Waals surface area contributed by atoms with E-state index < -0.39 is 0 Å². The van der Waals surface area contributed by atoms with Gasteiger partial charge < -0.3 is 25.4 Å². The van der Waals surface area contributed by atoms with Crippen LogP contribution in [0, 0.1) is 0 Å². The third kappa shape index (κ3) is 5.37. The third-order valence-electron chi connectivity index (χ3n) is 6.96. The van der Waals surface area contributed by atoms with Gasteiger partial charge in [-0.25, -0.2) is 9.78 Å². The predicted molar refractivity (Wildman–Crippen MR) is 157 cm³/mol. The van der Waals surface area contributed by atoms with Gasteiger partial charge in [0, 0.05) is 31.4 Å². The summed E-state index contributed by atoms with van der Waals surface area (Å²) in [6.07, 6.45) is 5.85. The fourth-order valence-electron chi connectivity index (χ4n) is 5.09. The Morgan fingerprint density at radius 3 is 2.68 bits per heavy atom. The number of rotatable bonds is 7. The summed E-state index contributed by atoms with van der Waals surface area (Å²) in [7, 11) is 0. The standard InChI is InChI=1S/C30H27N5O5S/c36-17-5-9-24(37)34-16-4-6-19(18-34)32-28(38)27-26-25-23(14-15-31-29(25)41-27)35(30(39)33-26)20-10-12-22(13-11-20)40-21-7-2-1-3-8-21/h1-3,5,7-15,19,36H,4,6,16-18H2,(H,32,38)(H,33,39)/b9-5+/t19-/m1/s1. The molecule has 2 aromatic carbocycles. The largest absolute Gasteiger partial charge is 0.457 e. The number of para-hydroxylation sites is 1. The highest BCUT2D eigenvalue weighted by atomic mass is 32.1. The maximum absolute atomic E-state index is 13.4. The SMILES string of the molecule is O=C(N[C@@H]1CCCN(C(=O)/C=C/CO)C1)c1sc2nccc3c2c1NC(=O)N3c1ccc(Oc2ccccc2)cc1. The van der Waals surface area contributed by atoms with Crippen molar-refractivity contribution in [3.8, 4) is 11.5 Å². The molecule has 2 aliphatic heterocycles. The smallest absolute Gasteiger partial charge is 0.331 e. The molecule has 1 saturated heterocycles. The van der Waals surface area contributed by atoms with Gasteiger partial charge in [0.25, 0.3) is 5.91 Å². The number of piperidine rings is 1. The average Bonchev–Trinajstić information content (AvgIpc) is 3.37. The van der Waals surface area contributed by atoms with Crippen molar-refractivity contribution >= 4 is 56.5 Å². The molecule has 4 aromatic rings. The minimum Gasteiger partial charge on any atom is -0.457 e. The van der Waals surface area contributed by atoms with Crippen LogP contribution in [0.15, 0.2) is 79.0 Å². The number of aliphatic hydroxyl groups is 1. The highest BCUT2D eigenvalue weighted by molar-refractivity contribution is 7.21. The number of aromatic nitrogens is 1. The molecule has 0 saturated carbocycles. The van der Waals surface area contributed by atoms with Gasteiger partial charge in [0.1, 0.15) is 21.2 Å². The number of carbonyl (C=O) groups is 3. The molecule has 0 unspecified atom stereocenters. The molecule has 0 radical (unpaired) electrons. The van der Waals surface area contributed by atoms with Crippen molar-refractivity contribution in [3.05, 3.63) is 83.9 Å². The second kappa shape index (κ2) is 11.4. The Labute approximate surface area is 239 Å². The Hall–Kier alpha value is -4.74. The summed E-state index contributed by atoms with van der Waals surface area (Å²) in [6, 6.07) is 17.8. The number of nitrogens with zero attached hydrogens (tertiary/aromatic N) is 3. The van der Waals surface area contributed by atoms with E-state index in [4.69, 9.17) is 9.84 Å². The number of benzene rings is 2. The van der Waals surface area contributed by atoms with Crippen LogP contribution >= 0.6 is 11.3 Å². The summed E-state index contributed by atoms with van der Waals surface area (Å²) < 4.78 is 5.88. The first-order valence-corrected chi connectivity index (χ1v) is 14.1. The van der Waals surface area contributed by atoms with Crippen molar-refractivity contribution in [1.29, 1.82) is 0 Å². The first-order valence-electron chi connectivity index (χ1n) is 13.2. The number of pyridine rings is 1. The Bertz CT molecular complexity index is 1640. The van der Waals surface area contributed by atoms with Gasteiger partial charge in [-0.3, -0.25) is 14.5 Å². The number of aliphatic hydroxyl groups excluding tert-OH is 1. The lowest BCUT2D eigenvalue weighted by Gasteiger charge is -2.32. The van der Waals surface area contributed by atoms with E-state index in [1.807, 2.05) is 30.3 Å². The Kier molecular flexibility index (Phi) is 7.36. The van der Waals surface area contributed by atoms with Crippen LogP contribution in [0.3, 0.4) is 0 Å². The molecular formula is C30H27N5O5S. The van der Waals surface area contributed by atoms with Crippen LogP contribution < -0.4 is 20.3 Å². The van der Waals surface area contributed by atoms with Crippen LogP contribution in [0.5, 0.6) is 11.5 Å². The average molecular weight is 570 g/mol. The van der Waals surface area contributed by atoms with Crippen molar-refractivity contribution < 1.29 is 24.2 Å². The van der Waals surface area contributed by atoms with E-state index in [-0.39, 0.29) is 30.5 Å². The fourth-order valence-corrected chi connectivity index (χ4v) is 6.12. The Balaban J connectivity index is 1.23. The van der Waals surface area contributed by atoms with Crippen molar-refractivity contribution in [1.82, 2.24) is 15.2 Å². The van der Waals surface area contributed by atoms with Crippen LogP contribution in [0.1, 0.15) is 22.5 Å². The zero-order valence-corrected chi connectivity index (χ0v) is 22.8. The van der Waals surface area contributed by atoms with Gasteiger partial charge in [-0.15, -0.1) is 11.3 Å². The fraction of sp³-hybridized carbons (Fsp3) is 0.200. The van der Waals surface area contributed by atoms with Crippen molar-refractivity contribution in [3.63, 3.8) is 0 Å². The first-order chi connectivity index (χ1) is 20.0. The summed E-state index contributed by atoms with van der Waals surface area (Å²) >= 11 is 1.22. The number of thiophene rings is 1. The molecule has 2 aliphatic rings. The summed E-state index contributed by atoms with van der Waals surface area (Å²) in [4.78, 5) is 47.9. The van der Waals surface area contributed by atoms with Crippen molar-refractivity contribution in [2.24, 2.45) is 0 Å². The van der Waals surface area contributed by atoms with E-state index >= 15 is 0 Å². The van der Waals surface area contributed by atoms with E-state index in [1.54, 1.807) is 46.3 Å². The number of anilines is 3. The number of carbonyl (C=O) groups excluding carboxylic acids is 3. The van der Waals surface area contributed by atoms with E-state index in [0.717, 1.165) is 12.8 Å². The van der Waals surface area contributed by atoms with Gasteiger partial charge in [0.05, 0.1) is 29.1 Å². The second-order valence-electron chi connectivity index (χ2n) is 9.67. The minimum atomic E-state index is -0.390. The molecule has 4 heterocycles. The molecular weight excluding hydrogens is 542 g/mol. The van der Waals surface area contributed by atoms with Gasteiger partial charge in [0.2, 0.25) is 5.91 Å². The van der Waals surface area contributed by atoms with Crippen LogP contribution in [-0.4, -0.2) is 58.6 Å². The van der Waals surface area contributed by atoms with Gasteiger partial charge >= 0.3 is 6.03 Å². The highest BCUT2D eigenvalue weighted by Crippen LogP contribution is 2.45. The lowest BCUT2D eigenvalue weighted by molar-refractivity contribution is -0.127. The number of likely N-dealkylation sites (tertiary alicyclic amines) is 1. The number of nitrogens with one attached hydrogen (secondary N) is 2. The molecule has 10 nitrogen and oxygen atoms in total. The number of urea groups is 1. The molecule has 208 valence electrons. The summed E-state index contributed by atoms with van der Waals surface area (Å²) in [5, 5.41) is 15.6. The number of hydrogen-bond donors (Lipinski definition) is 3. The Morgan fingerprint density at radius 2 is 1.90 bits per heavy atom. The van der Waals surface area contributed by atoms with E-state index in [2.05, 4.69) is 15.6 Å². The van der Waals surface area contributed by atoms with Gasteiger partial charge in [0.15, 0.2) is 0 Å². The predicted octanol–water partition coefficient (Wildman–Crippen LogP) is 5.04. The molecule has 0 bridgehead atoms. The zero-order chi connectivity index (χ0) is 28.3. The minimum absolute atomic E-state index is 0.198. The maximum atomic E-state index is 13.4. The van der Waals surface area contributed by atoms with Gasteiger partial charge in [-0.2, -0.15) is 0 Å². The lowest BCUT2D eigenvalue weighted by Crippen LogP contribution is -2.49. The second-order valence-corrected chi connectivity index (χ2v) is 10.7. The molecule has 0 aliphatic carbocycles. The monoisotopic (exact) mass is 569 g/mol. The number of amides is 4. The highest BCUT2D eigenvalue weighted by Gasteiger charge is 2.33. The Morgan fingerprint density at radius 1 is 1.12 bits per heavy atom. The van der Waals surface area contributed by atoms with Crippen molar-refractivity contribution in [2.75, 3.05) is 29.9 Å². The quantitative estimate of drug-likeness (QED) is 0.268. The number of hydrogen-bond acceptors (Lipinski definition) is 7.